The van der Waals surface area contributed by atoms with E-state index in [2.05, 4.69) is 13.8 Å². The predicted molar refractivity (Wildman–Crippen MR) is 126 cm³/mol. The van der Waals surface area contributed by atoms with Crippen LogP contribution in [0.4, 0.5) is 0 Å². The van der Waals surface area contributed by atoms with Gasteiger partial charge in [-0.05, 0) is 19.8 Å². The van der Waals surface area contributed by atoms with Crippen molar-refractivity contribution in [2.75, 3.05) is 0 Å². The van der Waals surface area contributed by atoms with Crippen LogP contribution in [0.5, 0.6) is 0 Å². The number of hydrogen-bond donors (Lipinski definition) is 0. The zero-order chi connectivity index (χ0) is 20.0. The normalized spacial score (nSPS) is 11.8. The van der Waals surface area contributed by atoms with Crippen molar-refractivity contribution in [3.8, 4) is 0 Å². The van der Waals surface area contributed by atoms with E-state index >= 15 is 0 Å². The second-order valence-corrected chi connectivity index (χ2v) is 8.38. The summed E-state index contributed by atoms with van der Waals surface area (Å²) in [6.45, 7) is 7.59. The van der Waals surface area contributed by atoms with E-state index in [9.17, 15) is 4.79 Å². The van der Waals surface area contributed by atoms with Crippen LogP contribution in [0.3, 0.4) is 0 Å². The molecule has 0 fully saturated rings. The fraction of sp³-hybridized carbons (Fsp3) is 0.920. The van der Waals surface area contributed by atoms with Gasteiger partial charge in [0.1, 0.15) is 6.10 Å². The van der Waals surface area contributed by atoms with E-state index in [0.29, 0.717) is 0 Å². The molecule has 0 N–H and O–H groups in total. The molecule has 0 aliphatic rings. The third kappa shape index (κ3) is 27.1. The van der Waals surface area contributed by atoms with Gasteiger partial charge in [0.05, 0.1) is 0 Å². The molecule has 0 aromatic heterocycles. The fourth-order valence-electron chi connectivity index (χ4n) is 3.74. The van der Waals surface area contributed by atoms with Gasteiger partial charge in [-0.2, -0.15) is 0 Å². The monoisotopic (exact) mass is 421 g/mol. The summed E-state index contributed by atoms with van der Waals surface area (Å²) < 4.78 is 5.04. The molecule has 0 aliphatic heterocycles. The molecule has 163 valence electrons. The van der Waals surface area contributed by atoms with Gasteiger partial charge >= 0.3 is 57.4 Å². The van der Waals surface area contributed by atoms with Crippen LogP contribution in [0.25, 0.3) is 0 Å². The second kappa shape index (κ2) is 26.1. The van der Waals surface area contributed by atoms with Crippen LogP contribution in [0.1, 0.15) is 142 Å². The third-order valence-corrected chi connectivity index (χ3v) is 5.46. The summed E-state index contributed by atoms with van der Waals surface area (Å²) in [5, 5.41) is 0. The van der Waals surface area contributed by atoms with Crippen LogP contribution >= 0.6 is 0 Å². The van der Waals surface area contributed by atoms with Crippen LogP contribution < -0.4 is 0 Å². The van der Waals surface area contributed by atoms with Gasteiger partial charge in [0.25, 0.3) is 0 Å². The summed E-state index contributed by atoms with van der Waals surface area (Å²) in [7, 11) is 0. The zero-order valence-electron chi connectivity index (χ0n) is 18.7. The second-order valence-electron chi connectivity index (χ2n) is 8.38. The molecule has 2 nitrogen and oxygen atoms in total. The molecule has 0 heterocycles. The number of rotatable bonds is 21. The third-order valence-electron chi connectivity index (χ3n) is 5.46. The van der Waals surface area contributed by atoms with Crippen molar-refractivity contribution in [3.05, 3.63) is 6.92 Å². The van der Waals surface area contributed by atoms with Gasteiger partial charge in [-0.25, -0.2) is 0 Å². The quantitative estimate of drug-likeness (QED) is 0.107. The number of unbranched alkanes of at least 4 members (excludes halogenated alkanes) is 18. The Morgan fingerprint density at radius 3 is 1.21 bits per heavy atom. The summed E-state index contributed by atoms with van der Waals surface area (Å²) in [6, 6.07) is 0. The summed E-state index contributed by atoms with van der Waals surface area (Å²) in [5.74, 6) is -0.215. The maximum absolute atomic E-state index is 10.8. The van der Waals surface area contributed by atoms with Crippen LogP contribution in [-0.2, 0) is 9.53 Å². The molecule has 0 aromatic carbocycles. The molecule has 0 bridgehead atoms. The molecule has 28 heavy (non-hydrogen) atoms. The summed E-state index contributed by atoms with van der Waals surface area (Å²) in [6.07, 6.45) is 27.3. The van der Waals surface area contributed by atoms with Gasteiger partial charge in [0, 0.05) is 6.92 Å². The number of carbonyl (C=O) groups is 1. The van der Waals surface area contributed by atoms with Gasteiger partial charge in [0.2, 0.25) is 0 Å². The minimum atomic E-state index is -0.215. The van der Waals surface area contributed by atoms with E-state index in [1.54, 1.807) is 0 Å². The zero-order valence-corrected chi connectivity index (χ0v) is 18.7. The molecule has 1 atom stereocenters. The minimum absolute atomic E-state index is 0. The Balaban J connectivity index is 0. The number of carbonyl (C=O) groups excluding carboxylic acids is 1. The number of ether oxygens (including phenoxy) is 1. The van der Waals surface area contributed by atoms with E-state index in [1.165, 1.54) is 122 Å². The van der Waals surface area contributed by atoms with Crippen molar-refractivity contribution in [1.29, 1.82) is 0 Å². The van der Waals surface area contributed by atoms with E-state index in [1.807, 2.05) is 0 Å². The molecule has 0 saturated carbocycles. The topological polar surface area (TPSA) is 26.3 Å². The molecular weight excluding hydrogens is 371 g/mol. The predicted octanol–water partition coefficient (Wildman–Crippen LogP) is 7.93. The first kappa shape index (κ1) is 31.3. The molecule has 1 radical (unpaired) electrons. The van der Waals surface area contributed by atoms with Crippen LogP contribution in [0, 0.1) is 6.92 Å². The van der Waals surface area contributed by atoms with E-state index in [-0.39, 0.29) is 63.5 Å². The average molecular weight is 422 g/mol. The van der Waals surface area contributed by atoms with Crippen molar-refractivity contribution < 1.29 is 9.53 Å². The van der Waals surface area contributed by atoms with Gasteiger partial charge in [-0.3, -0.25) is 4.79 Å². The van der Waals surface area contributed by atoms with Crippen molar-refractivity contribution in [2.24, 2.45) is 0 Å². The molecule has 0 spiro atoms. The van der Waals surface area contributed by atoms with Crippen molar-refractivity contribution >= 4 is 57.4 Å². The van der Waals surface area contributed by atoms with Crippen LogP contribution in [-0.4, -0.2) is 63.5 Å². The summed E-state index contributed by atoms with van der Waals surface area (Å²) >= 11 is 0. The molecule has 0 aliphatic carbocycles. The maximum atomic E-state index is 10.8. The van der Waals surface area contributed by atoms with Crippen molar-refractivity contribution in [2.45, 2.75) is 148 Å². The first-order valence-corrected chi connectivity index (χ1v) is 12.2. The summed E-state index contributed by atoms with van der Waals surface area (Å²) in [4.78, 5) is 10.8. The number of hydrogen-bond acceptors (Lipinski definition) is 2. The Labute approximate surface area is 220 Å². The number of esters is 1. The molecule has 0 saturated heterocycles. The van der Waals surface area contributed by atoms with Crippen LogP contribution in [0.15, 0.2) is 0 Å². The Morgan fingerprint density at radius 1 is 0.643 bits per heavy atom. The van der Waals surface area contributed by atoms with Crippen molar-refractivity contribution in [3.63, 3.8) is 0 Å². The standard InChI is InChI=1S/C25H49O2.K.H/c1-4-5-6-7-8-9-10-11-12-13-14-15-16-17-18-19-20-21-22-23-24(2)27-25(3)26;;/h24H,2,4-23H2,1,3H3;;. The Morgan fingerprint density at radius 2 is 0.929 bits per heavy atom. The Kier molecular flexibility index (Phi) is 29.2. The Hall–Kier alpha value is 1.11. The van der Waals surface area contributed by atoms with E-state index in [0.717, 1.165) is 12.8 Å². The molecule has 0 rings (SSSR count). The SMILES string of the molecule is [CH2]C(CCCCCCCCCCCCCCCCCCCCC)OC(C)=O.[KH]. The average Bonchev–Trinajstić information content (AvgIpc) is 2.63. The molecule has 1 unspecified atom stereocenters. The van der Waals surface area contributed by atoms with Gasteiger partial charge in [0.15, 0.2) is 0 Å². The first-order valence-electron chi connectivity index (χ1n) is 12.2. The molecule has 0 aromatic rings. The van der Waals surface area contributed by atoms with Gasteiger partial charge in [-0.1, -0.05) is 122 Å². The van der Waals surface area contributed by atoms with Gasteiger partial charge < -0.3 is 4.74 Å². The van der Waals surface area contributed by atoms with Gasteiger partial charge in [-0.15, -0.1) is 0 Å². The fourth-order valence-corrected chi connectivity index (χ4v) is 3.74. The first-order chi connectivity index (χ1) is 13.2. The molecule has 0 amide bonds. The molecule has 3 heteroatoms. The van der Waals surface area contributed by atoms with Crippen LogP contribution in [0.2, 0.25) is 0 Å². The van der Waals surface area contributed by atoms with E-state index in [4.69, 9.17) is 4.74 Å². The van der Waals surface area contributed by atoms with E-state index < -0.39 is 0 Å². The Bertz CT molecular complexity index is 307. The molecular formula is C25H50KO2. The summed E-state index contributed by atoms with van der Waals surface area (Å²) in [5.41, 5.74) is 0. The van der Waals surface area contributed by atoms with Crippen molar-refractivity contribution in [1.82, 2.24) is 0 Å².